The van der Waals surface area contributed by atoms with E-state index in [4.69, 9.17) is 4.74 Å². The Labute approximate surface area is 123 Å². The van der Waals surface area contributed by atoms with Gasteiger partial charge in [-0.05, 0) is 46.7 Å². The molecular weight excluding hydrogens is 278 g/mol. The molecule has 1 saturated heterocycles. The molecule has 1 rings (SSSR count). The molecule has 0 bridgehead atoms. The lowest BCUT2D eigenvalue weighted by Gasteiger charge is -2.35. The molecule has 0 aromatic carbocycles. The molecule has 0 spiro atoms. The fourth-order valence-electron chi connectivity index (χ4n) is 2.13. The molecule has 0 radical (unpaired) electrons. The molecule has 0 aromatic heterocycles. The van der Waals surface area contributed by atoms with Gasteiger partial charge in [0.15, 0.2) is 0 Å². The summed E-state index contributed by atoms with van der Waals surface area (Å²) in [5.41, 5.74) is -0.214. The minimum Gasteiger partial charge on any atom is -0.384 e. The van der Waals surface area contributed by atoms with Gasteiger partial charge in [0, 0.05) is 32.3 Å². The maximum Gasteiger partial charge on any atom is 0.279 e. The van der Waals surface area contributed by atoms with Crippen molar-refractivity contribution in [3.63, 3.8) is 0 Å². The van der Waals surface area contributed by atoms with Gasteiger partial charge < -0.3 is 9.64 Å². The van der Waals surface area contributed by atoms with Gasteiger partial charge in [0.1, 0.15) is 0 Å². The number of hydrogen-bond donors (Lipinski definition) is 1. The Balaban J connectivity index is 2.60. The van der Waals surface area contributed by atoms with Crippen molar-refractivity contribution in [2.75, 3.05) is 47.4 Å². The third-order valence-electron chi connectivity index (χ3n) is 4.12. The second kappa shape index (κ2) is 7.17. The number of methoxy groups -OCH3 is 1. The van der Waals surface area contributed by atoms with E-state index in [1.54, 1.807) is 11.4 Å². The van der Waals surface area contributed by atoms with Gasteiger partial charge in [-0.25, -0.2) is 4.72 Å². The molecular formula is C13H29N3O3S. The van der Waals surface area contributed by atoms with Crippen LogP contribution in [0.4, 0.5) is 0 Å². The van der Waals surface area contributed by atoms with E-state index in [0.29, 0.717) is 32.2 Å². The van der Waals surface area contributed by atoms with Crippen LogP contribution in [0.1, 0.15) is 26.7 Å². The first-order valence-electron chi connectivity index (χ1n) is 7.10. The quantitative estimate of drug-likeness (QED) is 0.745. The van der Waals surface area contributed by atoms with E-state index in [1.165, 1.54) is 0 Å². The molecule has 1 atom stereocenters. The van der Waals surface area contributed by atoms with Gasteiger partial charge in [-0.1, -0.05) is 0 Å². The third kappa shape index (κ3) is 4.96. The van der Waals surface area contributed by atoms with Gasteiger partial charge >= 0.3 is 0 Å². The molecule has 7 heteroatoms. The summed E-state index contributed by atoms with van der Waals surface area (Å²) < 4.78 is 34.1. The SMILES string of the molecule is COCC1CCCN(S(=O)(=O)NCC(C)(C)N(C)C)C1. The van der Waals surface area contributed by atoms with Crippen molar-refractivity contribution < 1.29 is 13.2 Å². The van der Waals surface area contributed by atoms with E-state index in [9.17, 15) is 8.42 Å². The van der Waals surface area contributed by atoms with Gasteiger partial charge in [-0.3, -0.25) is 0 Å². The molecule has 120 valence electrons. The fraction of sp³-hybridized carbons (Fsp3) is 1.00. The minimum absolute atomic E-state index is 0.214. The topological polar surface area (TPSA) is 61.9 Å². The fourth-order valence-corrected chi connectivity index (χ4v) is 3.63. The molecule has 6 nitrogen and oxygen atoms in total. The molecule has 1 aliphatic heterocycles. The highest BCUT2D eigenvalue weighted by molar-refractivity contribution is 7.87. The lowest BCUT2D eigenvalue weighted by Crippen LogP contribution is -2.53. The highest BCUT2D eigenvalue weighted by atomic mass is 32.2. The number of nitrogens with zero attached hydrogens (tertiary/aromatic N) is 2. The Morgan fingerprint density at radius 2 is 2.05 bits per heavy atom. The highest BCUT2D eigenvalue weighted by Gasteiger charge is 2.30. The maximum absolute atomic E-state index is 12.4. The number of rotatable bonds is 7. The van der Waals surface area contributed by atoms with Crippen LogP contribution in [-0.2, 0) is 14.9 Å². The average Bonchev–Trinajstić information content (AvgIpc) is 2.37. The average molecular weight is 307 g/mol. The van der Waals surface area contributed by atoms with Crippen LogP contribution in [0.25, 0.3) is 0 Å². The van der Waals surface area contributed by atoms with E-state index >= 15 is 0 Å². The Morgan fingerprint density at radius 1 is 1.40 bits per heavy atom. The molecule has 1 unspecified atom stereocenters. The van der Waals surface area contributed by atoms with Crippen LogP contribution >= 0.6 is 0 Å². The third-order valence-corrected chi connectivity index (χ3v) is 5.64. The summed E-state index contributed by atoms with van der Waals surface area (Å²) in [6, 6.07) is 0. The molecule has 0 saturated carbocycles. The molecule has 1 aliphatic rings. The van der Waals surface area contributed by atoms with E-state index in [0.717, 1.165) is 12.8 Å². The first-order chi connectivity index (χ1) is 9.19. The smallest absolute Gasteiger partial charge is 0.279 e. The van der Waals surface area contributed by atoms with Crippen molar-refractivity contribution >= 4 is 10.2 Å². The number of likely N-dealkylation sites (N-methyl/N-ethyl adjacent to an activating group) is 1. The second-order valence-corrected chi connectivity index (χ2v) is 8.11. The predicted octanol–water partition coefficient (Wildman–Crippen LogP) is 0.519. The van der Waals surface area contributed by atoms with Crippen molar-refractivity contribution in [3.8, 4) is 0 Å². The molecule has 0 amide bonds. The molecule has 1 fully saturated rings. The monoisotopic (exact) mass is 307 g/mol. The molecule has 20 heavy (non-hydrogen) atoms. The maximum atomic E-state index is 12.4. The zero-order valence-electron chi connectivity index (χ0n) is 13.3. The van der Waals surface area contributed by atoms with Gasteiger partial charge in [0.25, 0.3) is 10.2 Å². The van der Waals surface area contributed by atoms with E-state index in [-0.39, 0.29) is 5.54 Å². The van der Waals surface area contributed by atoms with Crippen LogP contribution < -0.4 is 4.72 Å². The van der Waals surface area contributed by atoms with Gasteiger partial charge in [0.2, 0.25) is 0 Å². The summed E-state index contributed by atoms with van der Waals surface area (Å²) in [6.07, 6.45) is 1.93. The van der Waals surface area contributed by atoms with Crippen LogP contribution in [0.5, 0.6) is 0 Å². The number of hydrogen-bond acceptors (Lipinski definition) is 4. The zero-order chi connectivity index (χ0) is 15.4. The van der Waals surface area contributed by atoms with Crippen LogP contribution in [0.3, 0.4) is 0 Å². The van der Waals surface area contributed by atoms with Gasteiger partial charge in [0.05, 0.1) is 6.61 Å². The number of ether oxygens (including phenoxy) is 1. The van der Waals surface area contributed by atoms with Crippen molar-refractivity contribution in [1.82, 2.24) is 13.9 Å². The largest absolute Gasteiger partial charge is 0.384 e. The minimum atomic E-state index is -3.40. The Morgan fingerprint density at radius 3 is 2.60 bits per heavy atom. The normalized spacial score (nSPS) is 22.4. The first kappa shape index (κ1) is 17.8. The summed E-state index contributed by atoms with van der Waals surface area (Å²) in [5.74, 6) is 0.298. The van der Waals surface area contributed by atoms with Crippen molar-refractivity contribution in [3.05, 3.63) is 0 Å². The van der Waals surface area contributed by atoms with E-state index in [1.807, 2.05) is 32.8 Å². The second-order valence-electron chi connectivity index (χ2n) is 6.35. The Kier molecular flexibility index (Phi) is 6.40. The van der Waals surface area contributed by atoms with Crippen molar-refractivity contribution in [1.29, 1.82) is 0 Å². The van der Waals surface area contributed by atoms with E-state index < -0.39 is 10.2 Å². The zero-order valence-corrected chi connectivity index (χ0v) is 14.2. The summed E-state index contributed by atoms with van der Waals surface area (Å²) >= 11 is 0. The molecule has 0 aliphatic carbocycles. The van der Waals surface area contributed by atoms with Crippen LogP contribution in [-0.4, -0.2) is 70.6 Å². The van der Waals surface area contributed by atoms with Crippen molar-refractivity contribution in [2.45, 2.75) is 32.2 Å². The summed E-state index contributed by atoms with van der Waals surface area (Å²) in [6.45, 7) is 6.19. The predicted molar refractivity (Wildman–Crippen MR) is 80.9 cm³/mol. The summed E-state index contributed by atoms with van der Waals surface area (Å²) in [5, 5.41) is 0. The van der Waals surface area contributed by atoms with Crippen LogP contribution in [0.2, 0.25) is 0 Å². The van der Waals surface area contributed by atoms with Crippen LogP contribution in [0, 0.1) is 5.92 Å². The lowest BCUT2D eigenvalue weighted by molar-refractivity contribution is 0.117. The standard InChI is InChI=1S/C13H29N3O3S/c1-13(2,15(3)4)11-14-20(17,18)16-8-6-7-12(9-16)10-19-5/h12,14H,6-11H2,1-5H3. The molecule has 1 heterocycles. The highest BCUT2D eigenvalue weighted by Crippen LogP contribution is 2.19. The number of nitrogens with one attached hydrogen (secondary N) is 1. The first-order valence-corrected chi connectivity index (χ1v) is 8.54. The Bertz CT molecular complexity index is 394. The van der Waals surface area contributed by atoms with Gasteiger partial charge in [-0.2, -0.15) is 12.7 Å². The summed E-state index contributed by atoms with van der Waals surface area (Å²) in [4.78, 5) is 2.01. The molecule has 0 aromatic rings. The van der Waals surface area contributed by atoms with Gasteiger partial charge in [-0.15, -0.1) is 0 Å². The number of piperidine rings is 1. The van der Waals surface area contributed by atoms with Crippen molar-refractivity contribution in [2.24, 2.45) is 5.92 Å². The Hall–Kier alpha value is -0.210. The molecule has 1 N–H and O–H groups in total. The lowest BCUT2D eigenvalue weighted by atomic mass is 10.0. The summed E-state index contributed by atoms with van der Waals surface area (Å²) in [7, 11) is 2.15. The van der Waals surface area contributed by atoms with Crippen LogP contribution in [0.15, 0.2) is 0 Å². The van der Waals surface area contributed by atoms with E-state index in [2.05, 4.69) is 4.72 Å².